The van der Waals surface area contributed by atoms with E-state index in [-0.39, 0.29) is 24.5 Å². The maximum Gasteiger partial charge on any atom is 0.261 e. The maximum absolute atomic E-state index is 13.0. The van der Waals surface area contributed by atoms with Crippen LogP contribution in [0.1, 0.15) is 32.8 Å². The van der Waals surface area contributed by atoms with Crippen LogP contribution < -0.4 is 10.1 Å². The highest BCUT2D eigenvalue weighted by molar-refractivity contribution is 9.10. The molecule has 0 unspecified atom stereocenters. The Morgan fingerprint density at radius 2 is 1.86 bits per heavy atom. The van der Waals surface area contributed by atoms with Gasteiger partial charge in [0.2, 0.25) is 5.91 Å². The Kier molecular flexibility index (Phi) is 8.99. The van der Waals surface area contributed by atoms with Crippen LogP contribution in [-0.4, -0.2) is 35.4 Å². The van der Waals surface area contributed by atoms with Crippen LogP contribution in [0.3, 0.4) is 0 Å². The van der Waals surface area contributed by atoms with Gasteiger partial charge in [-0.2, -0.15) is 0 Å². The lowest BCUT2D eigenvalue weighted by atomic mass is 10.1. The molecular formula is C22H26BrClN2O3. The van der Waals surface area contributed by atoms with E-state index in [4.69, 9.17) is 16.3 Å². The molecule has 0 saturated heterocycles. The van der Waals surface area contributed by atoms with Gasteiger partial charge in [-0.25, -0.2) is 0 Å². The fourth-order valence-corrected chi connectivity index (χ4v) is 3.44. The van der Waals surface area contributed by atoms with Crippen molar-refractivity contribution in [3.05, 3.63) is 63.6 Å². The number of nitrogens with zero attached hydrogens (tertiary/aromatic N) is 1. The van der Waals surface area contributed by atoms with E-state index in [2.05, 4.69) is 21.2 Å². The molecule has 0 heterocycles. The molecule has 0 saturated carbocycles. The molecule has 29 heavy (non-hydrogen) atoms. The summed E-state index contributed by atoms with van der Waals surface area (Å²) in [7, 11) is 0. The standard InChI is InChI=1S/C22H26BrClN2O3/c1-4-15(2)25-22(28)16(3)26(13-17-8-6-5-7-9-17)21(27)14-29-20-11-10-18(24)12-19(20)23/h5-12,15-16H,4,13-14H2,1-3H3,(H,25,28)/t15-,16-/m1/s1. The number of halogens is 2. The Hall–Kier alpha value is -2.05. The van der Waals surface area contributed by atoms with Crippen LogP contribution in [0, 0.1) is 0 Å². The molecule has 156 valence electrons. The Morgan fingerprint density at radius 1 is 1.17 bits per heavy atom. The molecule has 2 aromatic rings. The van der Waals surface area contributed by atoms with Crippen molar-refractivity contribution in [1.82, 2.24) is 10.2 Å². The minimum Gasteiger partial charge on any atom is -0.483 e. The summed E-state index contributed by atoms with van der Waals surface area (Å²) in [5, 5.41) is 3.51. The minimum atomic E-state index is -0.631. The first kappa shape index (κ1) is 23.2. The molecule has 1 N–H and O–H groups in total. The number of nitrogens with one attached hydrogen (secondary N) is 1. The summed E-state index contributed by atoms with van der Waals surface area (Å²) < 4.78 is 6.34. The Balaban J connectivity index is 2.14. The van der Waals surface area contributed by atoms with Crippen molar-refractivity contribution in [2.45, 2.75) is 45.8 Å². The van der Waals surface area contributed by atoms with E-state index in [1.807, 2.05) is 44.2 Å². The smallest absolute Gasteiger partial charge is 0.261 e. The van der Waals surface area contributed by atoms with Gasteiger partial charge >= 0.3 is 0 Å². The lowest BCUT2D eigenvalue weighted by Crippen LogP contribution is -2.50. The molecule has 0 spiro atoms. The second-order valence-electron chi connectivity index (χ2n) is 6.86. The van der Waals surface area contributed by atoms with E-state index in [0.717, 1.165) is 12.0 Å². The van der Waals surface area contributed by atoms with Crippen molar-refractivity contribution in [1.29, 1.82) is 0 Å². The topological polar surface area (TPSA) is 58.6 Å². The Labute approximate surface area is 185 Å². The zero-order chi connectivity index (χ0) is 21.4. The Morgan fingerprint density at radius 3 is 2.48 bits per heavy atom. The monoisotopic (exact) mass is 480 g/mol. The predicted molar refractivity (Wildman–Crippen MR) is 119 cm³/mol. The lowest BCUT2D eigenvalue weighted by Gasteiger charge is -2.29. The summed E-state index contributed by atoms with van der Waals surface area (Å²) in [6, 6.07) is 14.1. The van der Waals surface area contributed by atoms with E-state index < -0.39 is 6.04 Å². The molecule has 0 aliphatic rings. The van der Waals surface area contributed by atoms with Gasteiger partial charge in [-0.3, -0.25) is 9.59 Å². The van der Waals surface area contributed by atoms with Crippen LogP contribution in [0.5, 0.6) is 5.75 Å². The van der Waals surface area contributed by atoms with E-state index >= 15 is 0 Å². The number of ether oxygens (including phenoxy) is 1. The largest absolute Gasteiger partial charge is 0.483 e. The number of hydrogen-bond donors (Lipinski definition) is 1. The molecule has 5 nitrogen and oxygen atoms in total. The third kappa shape index (κ3) is 7.05. The zero-order valence-electron chi connectivity index (χ0n) is 16.8. The first-order valence-electron chi connectivity index (χ1n) is 9.53. The summed E-state index contributed by atoms with van der Waals surface area (Å²) >= 11 is 9.32. The van der Waals surface area contributed by atoms with Gasteiger partial charge in [-0.1, -0.05) is 48.9 Å². The number of hydrogen-bond acceptors (Lipinski definition) is 3. The summed E-state index contributed by atoms with van der Waals surface area (Å²) in [6.45, 7) is 5.81. The van der Waals surface area contributed by atoms with Crippen LogP contribution in [0.2, 0.25) is 5.02 Å². The number of carbonyl (C=O) groups is 2. The van der Waals surface area contributed by atoms with Crippen molar-refractivity contribution in [2.75, 3.05) is 6.61 Å². The van der Waals surface area contributed by atoms with Crippen LogP contribution in [0.4, 0.5) is 0 Å². The fraction of sp³-hybridized carbons (Fsp3) is 0.364. The summed E-state index contributed by atoms with van der Waals surface area (Å²) in [5.41, 5.74) is 0.941. The van der Waals surface area contributed by atoms with Gasteiger partial charge in [0.25, 0.3) is 5.91 Å². The minimum absolute atomic E-state index is 0.0416. The van der Waals surface area contributed by atoms with Crippen LogP contribution in [0.15, 0.2) is 53.0 Å². The summed E-state index contributed by atoms with van der Waals surface area (Å²) in [4.78, 5) is 27.2. The van der Waals surface area contributed by atoms with Gasteiger partial charge in [0.15, 0.2) is 6.61 Å². The van der Waals surface area contributed by atoms with E-state index in [1.54, 1.807) is 25.1 Å². The number of amides is 2. The van der Waals surface area contributed by atoms with Crippen molar-refractivity contribution < 1.29 is 14.3 Å². The second kappa shape index (κ2) is 11.2. The van der Waals surface area contributed by atoms with Crippen molar-refractivity contribution in [2.24, 2.45) is 0 Å². The normalized spacial score (nSPS) is 12.7. The number of carbonyl (C=O) groups excluding carboxylic acids is 2. The highest BCUT2D eigenvalue weighted by Crippen LogP contribution is 2.28. The third-order valence-electron chi connectivity index (χ3n) is 4.61. The van der Waals surface area contributed by atoms with Crippen molar-refractivity contribution in [3.63, 3.8) is 0 Å². The van der Waals surface area contributed by atoms with E-state index in [0.29, 0.717) is 21.8 Å². The summed E-state index contributed by atoms with van der Waals surface area (Å²) in [6.07, 6.45) is 0.818. The molecule has 2 atom stereocenters. The van der Waals surface area contributed by atoms with Gasteiger partial charge in [0.05, 0.1) is 4.47 Å². The molecule has 2 aromatic carbocycles. The van der Waals surface area contributed by atoms with Gasteiger partial charge in [-0.05, 0) is 60.0 Å². The quantitative estimate of drug-likeness (QED) is 0.559. The second-order valence-corrected chi connectivity index (χ2v) is 8.16. The molecule has 0 aliphatic carbocycles. The van der Waals surface area contributed by atoms with Crippen LogP contribution in [0.25, 0.3) is 0 Å². The summed E-state index contributed by atoms with van der Waals surface area (Å²) in [5.74, 6) is 0.0536. The SMILES string of the molecule is CC[C@@H](C)NC(=O)[C@@H](C)N(Cc1ccccc1)C(=O)COc1ccc(Cl)cc1Br. The highest BCUT2D eigenvalue weighted by atomic mass is 79.9. The van der Waals surface area contributed by atoms with Gasteiger partial charge in [0.1, 0.15) is 11.8 Å². The van der Waals surface area contributed by atoms with Gasteiger partial charge in [0, 0.05) is 17.6 Å². The average molecular weight is 482 g/mol. The molecule has 7 heteroatoms. The molecule has 0 aliphatic heterocycles. The van der Waals surface area contributed by atoms with E-state index in [9.17, 15) is 9.59 Å². The lowest BCUT2D eigenvalue weighted by molar-refractivity contribution is -0.142. The fourth-order valence-electron chi connectivity index (χ4n) is 2.64. The highest BCUT2D eigenvalue weighted by Gasteiger charge is 2.27. The molecule has 2 rings (SSSR count). The Bertz CT molecular complexity index is 832. The number of benzene rings is 2. The average Bonchev–Trinajstić information content (AvgIpc) is 2.71. The van der Waals surface area contributed by atoms with Gasteiger partial charge in [-0.15, -0.1) is 0 Å². The maximum atomic E-state index is 13.0. The first-order chi connectivity index (χ1) is 13.8. The number of rotatable bonds is 9. The molecule has 0 fully saturated rings. The molecule has 0 bridgehead atoms. The van der Waals surface area contributed by atoms with Crippen molar-refractivity contribution >= 4 is 39.3 Å². The van der Waals surface area contributed by atoms with Crippen molar-refractivity contribution in [3.8, 4) is 5.75 Å². The molecule has 0 aromatic heterocycles. The van der Waals surface area contributed by atoms with Gasteiger partial charge < -0.3 is 15.0 Å². The van der Waals surface area contributed by atoms with Crippen LogP contribution >= 0.6 is 27.5 Å². The molecule has 0 radical (unpaired) electrons. The predicted octanol–water partition coefficient (Wildman–Crippen LogP) is 4.81. The van der Waals surface area contributed by atoms with Crippen LogP contribution in [-0.2, 0) is 16.1 Å². The van der Waals surface area contributed by atoms with E-state index in [1.165, 1.54) is 4.90 Å². The molecule has 2 amide bonds. The zero-order valence-corrected chi connectivity index (χ0v) is 19.2. The first-order valence-corrected chi connectivity index (χ1v) is 10.7. The molecular weight excluding hydrogens is 456 g/mol. The third-order valence-corrected chi connectivity index (χ3v) is 5.46.